The molecular weight excluding hydrogens is 462 g/mol. The summed E-state index contributed by atoms with van der Waals surface area (Å²) in [5, 5.41) is 16.5. The number of halogens is 4. The summed E-state index contributed by atoms with van der Waals surface area (Å²) in [5.41, 5.74) is 5.61. The average Bonchev–Trinajstić information content (AvgIpc) is 3.50. The fourth-order valence-corrected chi connectivity index (χ4v) is 3.89. The molecule has 2 heterocycles. The van der Waals surface area contributed by atoms with E-state index in [4.69, 9.17) is 22.1 Å². The van der Waals surface area contributed by atoms with Crippen molar-refractivity contribution in [1.82, 2.24) is 4.57 Å². The summed E-state index contributed by atoms with van der Waals surface area (Å²) in [6.45, 7) is 2.91. The molecule has 2 fully saturated rings. The van der Waals surface area contributed by atoms with Crippen molar-refractivity contribution in [1.29, 1.82) is 0 Å². The van der Waals surface area contributed by atoms with Crippen LogP contribution in [0.1, 0.15) is 48.1 Å². The molecule has 1 unspecified atom stereocenters. The fourth-order valence-electron chi connectivity index (χ4n) is 3.89. The lowest BCUT2D eigenvalue weighted by molar-refractivity contribution is -0.192. The topological polar surface area (TPSA) is 126 Å². The van der Waals surface area contributed by atoms with Gasteiger partial charge in [0.2, 0.25) is 5.43 Å². The van der Waals surface area contributed by atoms with E-state index in [-0.39, 0.29) is 28.2 Å². The number of aromatic carboxylic acids is 1. The van der Waals surface area contributed by atoms with Crippen molar-refractivity contribution in [3.05, 3.63) is 39.4 Å². The molecule has 1 atom stereocenters. The van der Waals surface area contributed by atoms with Crippen LogP contribution in [0.3, 0.4) is 0 Å². The molecule has 8 nitrogen and oxygen atoms in total. The highest BCUT2D eigenvalue weighted by atomic mass is 19.4. The molecule has 1 saturated heterocycles. The van der Waals surface area contributed by atoms with Gasteiger partial charge in [-0.05, 0) is 32.3 Å². The van der Waals surface area contributed by atoms with Crippen molar-refractivity contribution in [3.63, 3.8) is 0 Å². The fraction of sp³-hybridized carbons (Fsp3) is 0.409. The smallest absolute Gasteiger partial charge is 0.477 e. The van der Waals surface area contributed by atoms with E-state index in [1.54, 1.807) is 4.57 Å². The number of rotatable bonds is 3. The molecule has 1 saturated carbocycles. The monoisotopic (exact) mass is 483 g/mol. The van der Waals surface area contributed by atoms with E-state index in [1.165, 1.54) is 6.20 Å². The number of aliphatic carboxylic acids is 1. The maximum Gasteiger partial charge on any atom is 0.490 e. The van der Waals surface area contributed by atoms with Crippen molar-refractivity contribution in [2.45, 2.75) is 43.9 Å². The lowest BCUT2D eigenvalue weighted by atomic mass is 10.0. The Hall–Kier alpha value is -3.59. The summed E-state index contributed by atoms with van der Waals surface area (Å²) in [5.74, 6) is -2.17. The molecule has 1 aliphatic carbocycles. The number of anilines is 1. The maximum atomic E-state index is 15.1. The van der Waals surface area contributed by atoms with Gasteiger partial charge in [-0.25, -0.2) is 14.0 Å². The third kappa shape index (κ3) is 4.84. The van der Waals surface area contributed by atoms with E-state index in [0.29, 0.717) is 25.0 Å². The summed E-state index contributed by atoms with van der Waals surface area (Å²) in [4.78, 5) is 34.8. The second-order valence-corrected chi connectivity index (χ2v) is 8.57. The van der Waals surface area contributed by atoms with Crippen molar-refractivity contribution >= 4 is 28.5 Å². The summed E-state index contributed by atoms with van der Waals surface area (Å²) < 4.78 is 48.5. The molecule has 1 aromatic carbocycles. The normalized spacial score (nSPS) is 20.0. The minimum atomic E-state index is -5.08. The van der Waals surface area contributed by atoms with Crippen LogP contribution in [-0.4, -0.2) is 51.5 Å². The highest BCUT2D eigenvalue weighted by molar-refractivity contribution is 5.96. The van der Waals surface area contributed by atoms with Gasteiger partial charge in [-0.15, -0.1) is 6.42 Å². The van der Waals surface area contributed by atoms with Crippen LogP contribution in [0.2, 0.25) is 0 Å². The van der Waals surface area contributed by atoms with Crippen LogP contribution in [-0.2, 0) is 4.79 Å². The molecule has 12 heteroatoms. The molecule has 34 heavy (non-hydrogen) atoms. The van der Waals surface area contributed by atoms with E-state index < -0.39 is 34.9 Å². The van der Waals surface area contributed by atoms with Crippen molar-refractivity contribution in [2.75, 3.05) is 18.0 Å². The lowest BCUT2D eigenvalue weighted by Gasteiger charge is -2.25. The van der Waals surface area contributed by atoms with Crippen LogP contribution in [0.5, 0.6) is 0 Å². The van der Waals surface area contributed by atoms with Gasteiger partial charge in [0.05, 0.1) is 22.2 Å². The number of nitrogens with zero attached hydrogens (tertiary/aromatic N) is 2. The van der Waals surface area contributed by atoms with Crippen molar-refractivity contribution < 1.29 is 37.4 Å². The van der Waals surface area contributed by atoms with Crippen LogP contribution in [0.25, 0.3) is 10.9 Å². The van der Waals surface area contributed by atoms with Gasteiger partial charge in [-0.2, -0.15) is 13.2 Å². The van der Waals surface area contributed by atoms with Crippen LogP contribution in [0.4, 0.5) is 23.2 Å². The van der Waals surface area contributed by atoms with Gasteiger partial charge in [-0.3, -0.25) is 4.79 Å². The number of carboxylic acid groups (broad SMARTS) is 2. The minimum Gasteiger partial charge on any atom is -0.477 e. The van der Waals surface area contributed by atoms with Crippen molar-refractivity contribution in [2.24, 2.45) is 5.73 Å². The van der Waals surface area contributed by atoms with E-state index in [2.05, 4.69) is 5.92 Å². The first kappa shape index (κ1) is 25.0. The number of carboxylic acids is 2. The third-order valence-corrected chi connectivity index (χ3v) is 5.62. The Morgan fingerprint density at radius 1 is 1.29 bits per heavy atom. The Kier molecular flexibility index (Phi) is 6.36. The number of fused-ring (bicyclic) bond motifs is 1. The van der Waals surface area contributed by atoms with Crippen molar-refractivity contribution in [3.8, 4) is 12.3 Å². The third-order valence-electron chi connectivity index (χ3n) is 5.62. The SMILES string of the molecule is C#Cc1c(N2CCC(C)(N)C2)c(F)cc2c(=O)c(C(=O)O)cn(C3CC3)c12.O=C(O)C(F)(F)F. The molecule has 2 aromatic rings. The Bertz CT molecular complexity index is 1270. The van der Waals surface area contributed by atoms with E-state index >= 15 is 4.39 Å². The Morgan fingerprint density at radius 2 is 1.88 bits per heavy atom. The number of pyridine rings is 1. The molecule has 2 aliphatic rings. The second-order valence-electron chi connectivity index (χ2n) is 8.57. The molecule has 0 amide bonds. The molecule has 1 aliphatic heterocycles. The lowest BCUT2D eigenvalue weighted by Crippen LogP contribution is -2.39. The van der Waals surface area contributed by atoms with Gasteiger partial charge in [0.1, 0.15) is 11.4 Å². The number of hydrogen-bond donors (Lipinski definition) is 3. The second kappa shape index (κ2) is 8.64. The van der Waals surface area contributed by atoms with Gasteiger partial charge in [0, 0.05) is 30.9 Å². The Labute approximate surface area is 190 Å². The molecular formula is C22H21F4N3O5. The highest BCUT2D eigenvalue weighted by Crippen LogP contribution is 2.40. The number of aromatic nitrogens is 1. The van der Waals surface area contributed by atoms with Gasteiger partial charge in [-0.1, -0.05) is 5.92 Å². The average molecular weight is 483 g/mol. The molecule has 0 spiro atoms. The zero-order valence-electron chi connectivity index (χ0n) is 17.9. The number of terminal acetylenes is 1. The zero-order valence-corrected chi connectivity index (χ0v) is 17.9. The highest BCUT2D eigenvalue weighted by Gasteiger charge is 2.38. The summed E-state index contributed by atoms with van der Waals surface area (Å²) in [7, 11) is 0. The van der Waals surface area contributed by atoms with E-state index in [0.717, 1.165) is 18.9 Å². The molecule has 4 N–H and O–H groups in total. The standard InChI is InChI=1S/C20H20FN3O3.C2HF3O2/c1-3-12-16-13(8-15(21)17(12)23-7-6-20(2,22)10-23)18(25)14(19(26)27)9-24(16)11-4-5-11;3-2(4,5)1(6)7/h1,8-9,11H,4-7,10,22H2,2H3,(H,26,27);(H,6,7). The first-order chi connectivity index (χ1) is 15.7. The number of alkyl halides is 3. The van der Waals surface area contributed by atoms with Gasteiger partial charge in [0.15, 0.2) is 0 Å². The molecule has 0 radical (unpaired) electrons. The Balaban J connectivity index is 0.000000406. The van der Waals surface area contributed by atoms with Gasteiger partial charge >= 0.3 is 18.1 Å². The van der Waals surface area contributed by atoms with Crippen LogP contribution in [0, 0.1) is 18.2 Å². The van der Waals surface area contributed by atoms with Gasteiger partial charge in [0.25, 0.3) is 0 Å². The number of nitrogens with two attached hydrogens (primary N) is 1. The summed E-state index contributed by atoms with van der Waals surface area (Å²) >= 11 is 0. The van der Waals surface area contributed by atoms with Crippen LogP contribution >= 0.6 is 0 Å². The molecule has 0 bridgehead atoms. The van der Waals surface area contributed by atoms with E-state index in [9.17, 15) is 27.9 Å². The summed E-state index contributed by atoms with van der Waals surface area (Å²) in [6.07, 6.45) is 4.42. The first-order valence-electron chi connectivity index (χ1n) is 10.1. The van der Waals surface area contributed by atoms with E-state index in [1.807, 2.05) is 11.8 Å². The number of hydrogen-bond acceptors (Lipinski definition) is 5. The van der Waals surface area contributed by atoms with Crippen LogP contribution < -0.4 is 16.1 Å². The quantitative estimate of drug-likeness (QED) is 0.453. The number of benzene rings is 1. The molecule has 4 rings (SSSR count). The predicted octanol–water partition coefficient (Wildman–Crippen LogP) is 2.72. The number of carbonyl (C=O) groups is 2. The summed E-state index contributed by atoms with van der Waals surface area (Å²) in [6, 6.07) is 1.18. The van der Waals surface area contributed by atoms with Crippen LogP contribution in [0.15, 0.2) is 17.1 Å². The molecule has 1 aromatic heterocycles. The minimum absolute atomic E-state index is 0.00528. The predicted molar refractivity (Wildman–Crippen MR) is 114 cm³/mol. The zero-order chi connectivity index (χ0) is 25.6. The Morgan fingerprint density at radius 3 is 2.29 bits per heavy atom. The van der Waals surface area contributed by atoms with Gasteiger partial charge < -0.3 is 25.4 Å². The largest absolute Gasteiger partial charge is 0.490 e. The maximum absolute atomic E-state index is 15.1. The molecule has 182 valence electrons. The first-order valence-corrected chi connectivity index (χ1v) is 10.1.